The number of hydrogen-bond donors (Lipinski definition) is 1. The van der Waals surface area contributed by atoms with E-state index in [9.17, 15) is 5.11 Å². The third kappa shape index (κ3) is 2.57. The van der Waals surface area contributed by atoms with Crippen LogP contribution in [0.25, 0.3) is 0 Å². The molecule has 1 aromatic heterocycles. The zero-order chi connectivity index (χ0) is 8.97. The molecule has 68 valence electrons. The molecule has 0 bridgehead atoms. The summed E-state index contributed by atoms with van der Waals surface area (Å²) >= 11 is 1.65. The fraction of sp³-hybridized carbons (Fsp3) is 0.667. The third-order valence-electron chi connectivity index (χ3n) is 1.84. The van der Waals surface area contributed by atoms with Crippen molar-refractivity contribution in [1.82, 2.24) is 4.98 Å². The van der Waals surface area contributed by atoms with Crippen LogP contribution < -0.4 is 0 Å². The molecule has 0 spiro atoms. The van der Waals surface area contributed by atoms with Gasteiger partial charge in [-0.2, -0.15) is 0 Å². The lowest BCUT2D eigenvalue weighted by Gasteiger charge is -2.02. The number of thiazole rings is 1. The van der Waals surface area contributed by atoms with Crippen molar-refractivity contribution >= 4 is 11.3 Å². The largest absolute Gasteiger partial charge is 0.393 e. The van der Waals surface area contributed by atoms with Gasteiger partial charge in [-0.25, -0.2) is 4.98 Å². The molecule has 0 saturated heterocycles. The fourth-order valence-corrected chi connectivity index (χ4v) is 1.90. The van der Waals surface area contributed by atoms with Gasteiger partial charge in [0.25, 0.3) is 0 Å². The van der Waals surface area contributed by atoms with Gasteiger partial charge in [-0.3, -0.25) is 0 Å². The lowest BCUT2D eigenvalue weighted by Crippen LogP contribution is -2.07. The average Bonchev–Trinajstić information content (AvgIpc) is 2.52. The Labute approximate surface area is 77.3 Å². The minimum absolute atomic E-state index is 0.221. The van der Waals surface area contributed by atoms with Gasteiger partial charge in [0.1, 0.15) is 0 Å². The average molecular weight is 185 g/mol. The Morgan fingerprint density at radius 2 is 2.33 bits per heavy atom. The molecule has 1 rings (SSSR count). The van der Waals surface area contributed by atoms with Gasteiger partial charge in [0.2, 0.25) is 0 Å². The summed E-state index contributed by atoms with van der Waals surface area (Å²) in [4.78, 5) is 4.38. The molecule has 12 heavy (non-hydrogen) atoms. The predicted octanol–water partition coefficient (Wildman–Crippen LogP) is 2.02. The first kappa shape index (κ1) is 9.68. The minimum Gasteiger partial charge on any atom is -0.393 e. The summed E-state index contributed by atoms with van der Waals surface area (Å²) in [6, 6.07) is 0. The second-order valence-electron chi connectivity index (χ2n) is 2.85. The summed E-state index contributed by atoms with van der Waals surface area (Å²) in [6.07, 6.45) is 2.28. The van der Waals surface area contributed by atoms with E-state index in [0.717, 1.165) is 23.5 Å². The summed E-state index contributed by atoms with van der Waals surface area (Å²) in [5.74, 6) is 0. The Bertz CT molecular complexity index is 234. The Kier molecular flexibility index (Phi) is 3.69. The van der Waals surface area contributed by atoms with Crippen LogP contribution in [0.3, 0.4) is 0 Å². The van der Waals surface area contributed by atoms with Crippen molar-refractivity contribution in [3.05, 3.63) is 16.1 Å². The summed E-state index contributed by atoms with van der Waals surface area (Å²) < 4.78 is 0. The van der Waals surface area contributed by atoms with Crippen molar-refractivity contribution < 1.29 is 5.11 Å². The van der Waals surface area contributed by atoms with E-state index in [-0.39, 0.29) is 6.10 Å². The van der Waals surface area contributed by atoms with Gasteiger partial charge in [0.15, 0.2) is 0 Å². The number of aliphatic hydroxyl groups excluding tert-OH is 1. The molecular weight excluding hydrogens is 170 g/mol. The number of rotatable bonds is 4. The number of aliphatic hydroxyl groups is 1. The zero-order valence-corrected chi connectivity index (χ0v) is 8.40. The van der Waals surface area contributed by atoms with Gasteiger partial charge >= 0.3 is 0 Å². The maximum atomic E-state index is 9.36. The topological polar surface area (TPSA) is 33.1 Å². The van der Waals surface area contributed by atoms with E-state index >= 15 is 0 Å². The van der Waals surface area contributed by atoms with Gasteiger partial charge in [-0.15, -0.1) is 11.3 Å². The van der Waals surface area contributed by atoms with Crippen LogP contribution in [0.4, 0.5) is 0 Å². The van der Waals surface area contributed by atoms with E-state index in [4.69, 9.17) is 0 Å². The smallest absolute Gasteiger partial charge is 0.0954 e. The highest BCUT2D eigenvalue weighted by atomic mass is 32.1. The maximum Gasteiger partial charge on any atom is 0.0954 e. The normalized spacial score (nSPS) is 13.2. The Morgan fingerprint density at radius 1 is 1.58 bits per heavy atom. The molecule has 1 atom stereocenters. The monoisotopic (exact) mass is 185 g/mol. The second kappa shape index (κ2) is 4.58. The second-order valence-corrected chi connectivity index (χ2v) is 3.79. The van der Waals surface area contributed by atoms with Gasteiger partial charge in [0.05, 0.1) is 16.8 Å². The van der Waals surface area contributed by atoms with Crippen LogP contribution in [0.2, 0.25) is 0 Å². The SMILES string of the molecule is CCc1csc(CC(O)CC)n1. The molecule has 2 nitrogen and oxygen atoms in total. The van der Waals surface area contributed by atoms with E-state index in [1.165, 1.54) is 0 Å². The predicted molar refractivity (Wildman–Crippen MR) is 51.5 cm³/mol. The lowest BCUT2D eigenvalue weighted by molar-refractivity contribution is 0.170. The molecule has 3 heteroatoms. The molecule has 0 aliphatic heterocycles. The van der Waals surface area contributed by atoms with E-state index in [2.05, 4.69) is 17.3 Å². The van der Waals surface area contributed by atoms with Crippen LogP contribution in [-0.4, -0.2) is 16.2 Å². The van der Waals surface area contributed by atoms with E-state index < -0.39 is 0 Å². The van der Waals surface area contributed by atoms with Crippen molar-refractivity contribution in [2.45, 2.75) is 39.2 Å². The van der Waals surface area contributed by atoms with Gasteiger partial charge in [-0.05, 0) is 12.8 Å². The molecule has 1 aromatic rings. The van der Waals surface area contributed by atoms with Crippen molar-refractivity contribution in [2.75, 3.05) is 0 Å². The number of nitrogens with zero attached hydrogens (tertiary/aromatic N) is 1. The van der Waals surface area contributed by atoms with Crippen LogP contribution >= 0.6 is 11.3 Å². The molecular formula is C9H15NOS. The van der Waals surface area contributed by atoms with E-state index in [0.29, 0.717) is 6.42 Å². The molecule has 1 unspecified atom stereocenters. The van der Waals surface area contributed by atoms with E-state index in [1.54, 1.807) is 11.3 Å². The van der Waals surface area contributed by atoms with Crippen LogP contribution in [0.1, 0.15) is 31.0 Å². The molecule has 0 aromatic carbocycles. The highest BCUT2D eigenvalue weighted by Crippen LogP contribution is 2.13. The molecule has 0 saturated carbocycles. The molecule has 0 aliphatic rings. The first-order valence-electron chi connectivity index (χ1n) is 4.37. The van der Waals surface area contributed by atoms with Crippen molar-refractivity contribution in [2.24, 2.45) is 0 Å². The van der Waals surface area contributed by atoms with Crippen molar-refractivity contribution in [3.8, 4) is 0 Å². The Balaban J connectivity index is 2.52. The fourth-order valence-electron chi connectivity index (χ4n) is 0.951. The first-order chi connectivity index (χ1) is 5.76. The van der Waals surface area contributed by atoms with Crippen LogP contribution in [0.15, 0.2) is 5.38 Å². The summed E-state index contributed by atoms with van der Waals surface area (Å²) in [7, 11) is 0. The van der Waals surface area contributed by atoms with Crippen molar-refractivity contribution in [3.63, 3.8) is 0 Å². The number of aromatic nitrogens is 1. The van der Waals surface area contributed by atoms with Crippen LogP contribution in [0.5, 0.6) is 0 Å². The molecule has 0 amide bonds. The van der Waals surface area contributed by atoms with Crippen LogP contribution in [0, 0.1) is 0 Å². The minimum atomic E-state index is -0.221. The highest BCUT2D eigenvalue weighted by Gasteiger charge is 2.05. The Hall–Kier alpha value is -0.410. The molecule has 1 heterocycles. The summed E-state index contributed by atoms with van der Waals surface area (Å²) in [6.45, 7) is 4.08. The number of aryl methyl sites for hydroxylation is 1. The standard InChI is InChI=1S/C9H15NOS/c1-3-7-6-12-9(10-7)5-8(11)4-2/h6,8,11H,3-5H2,1-2H3. The first-order valence-corrected chi connectivity index (χ1v) is 5.25. The molecule has 0 aliphatic carbocycles. The van der Waals surface area contributed by atoms with Gasteiger partial charge in [-0.1, -0.05) is 13.8 Å². The highest BCUT2D eigenvalue weighted by molar-refractivity contribution is 7.09. The third-order valence-corrected chi connectivity index (χ3v) is 2.76. The molecule has 1 N–H and O–H groups in total. The lowest BCUT2D eigenvalue weighted by atomic mass is 10.2. The van der Waals surface area contributed by atoms with Crippen molar-refractivity contribution in [1.29, 1.82) is 0 Å². The Morgan fingerprint density at radius 3 is 2.83 bits per heavy atom. The van der Waals surface area contributed by atoms with Gasteiger partial charge in [0, 0.05) is 11.8 Å². The van der Waals surface area contributed by atoms with Gasteiger partial charge < -0.3 is 5.11 Å². The molecule has 0 radical (unpaired) electrons. The quantitative estimate of drug-likeness (QED) is 0.778. The maximum absolute atomic E-state index is 9.36. The number of hydrogen-bond acceptors (Lipinski definition) is 3. The molecule has 0 fully saturated rings. The zero-order valence-electron chi connectivity index (χ0n) is 7.58. The summed E-state index contributed by atoms with van der Waals surface area (Å²) in [5, 5.41) is 12.5. The van der Waals surface area contributed by atoms with E-state index in [1.807, 2.05) is 6.92 Å². The summed E-state index contributed by atoms with van der Waals surface area (Å²) in [5.41, 5.74) is 1.14. The van der Waals surface area contributed by atoms with Crippen LogP contribution in [-0.2, 0) is 12.8 Å².